The number of nitrogens with one attached hydrogen (secondary N) is 2. The first-order chi connectivity index (χ1) is 11.7. The lowest BCUT2D eigenvalue weighted by atomic mass is 9.87. The highest BCUT2D eigenvalue weighted by Gasteiger charge is 2.32. The molecule has 138 valence electrons. The monoisotopic (exact) mass is 353 g/mol. The van der Waals surface area contributed by atoms with E-state index in [1.165, 1.54) is 26.0 Å². The lowest BCUT2D eigenvalue weighted by molar-refractivity contribution is -0.137. The van der Waals surface area contributed by atoms with E-state index >= 15 is 0 Å². The molecule has 0 bridgehead atoms. The first-order valence-corrected chi connectivity index (χ1v) is 7.76. The van der Waals surface area contributed by atoms with Crippen LogP contribution in [0.1, 0.15) is 20.3 Å². The third kappa shape index (κ3) is 6.12. The van der Waals surface area contributed by atoms with E-state index in [0.717, 1.165) is 17.2 Å². The van der Waals surface area contributed by atoms with E-state index < -0.39 is 23.3 Å². The molecule has 9 nitrogen and oxygen atoms in total. The Kier molecular flexibility index (Phi) is 7.46. The van der Waals surface area contributed by atoms with Crippen molar-refractivity contribution >= 4 is 23.6 Å². The van der Waals surface area contributed by atoms with Crippen molar-refractivity contribution in [3.8, 4) is 0 Å². The summed E-state index contributed by atoms with van der Waals surface area (Å²) >= 11 is 0. The van der Waals surface area contributed by atoms with Crippen molar-refractivity contribution in [2.75, 3.05) is 19.7 Å². The van der Waals surface area contributed by atoms with Crippen molar-refractivity contribution in [3.05, 3.63) is 24.4 Å². The quantitative estimate of drug-likeness (QED) is 0.225. The number of amides is 4. The molecule has 0 aromatic carbocycles. The van der Waals surface area contributed by atoms with Gasteiger partial charge in [-0.15, -0.1) is 0 Å². The summed E-state index contributed by atoms with van der Waals surface area (Å²) in [5, 5.41) is 23.6. The number of aliphatic hydroxyl groups excluding tert-OH is 2. The number of imide groups is 1. The van der Waals surface area contributed by atoms with Crippen LogP contribution in [-0.4, -0.2) is 64.5 Å². The zero-order valence-corrected chi connectivity index (χ0v) is 14.2. The molecule has 0 aromatic rings. The first kappa shape index (κ1) is 20.5. The van der Waals surface area contributed by atoms with Crippen LogP contribution in [-0.2, 0) is 19.2 Å². The smallest absolute Gasteiger partial charge is 0.253 e. The van der Waals surface area contributed by atoms with Crippen LogP contribution in [0.3, 0.4) is 0 Å². The van der Waals surface area contributed by atoms with Crippen LogP contribution in [0.15, 0.2) is 24.4 Å². The van der Waals surface area contributed by atoms with E-state index in [-0.39, 0.29) is 31.5 Å². The van der Waals surface area contributed by atoms with Crippen LogP contribution >= 0.6 is 0 Å². The Labute approximate surface area is 145 Å². The summed E-state index contributed by atoms with van der Waals surface area (Å²) in [4.78, 5) is 46.9. The van der Waals surface area contributed by atoms with E-state index in [2.05, 4.69) is 10.6 Å². The Balaban J connectivity index is 2.26. The second-order valence-corrected chi connectivity index (χ2v) is 6.20. The van der Waals surface area contributed by atoms with E-state index in [4.69, 9.17) is 5.11 Å². The second-order valence-electron chi connectivity index (χ2n) is 6.20. The molecule has 25 heavy (non-hydrogen) atoms. The summed E-state index contributed by atoms with van der Waals surface area (Å²) in [6.07, 6.45) is 3.52. The molecule has 0 fully saturated rings. The Morgan fingerprint density at radius 1 is 1.28 bits per heavy atom. The molecule has 1 aliphatic heterocycles. The molecule has 1 aliphatic rings. The van der Waals surface area contributed by atoms with Crippen molar-refractivity contribution in [2.24, 2.45) is 5.41 Å². The molecule has 9 heteroatoms. The lowest BCUT2D eigenvalue weighted by Crippen LogP contribution is -2.44. The van der Waals surface area contributed by atoms with Crippen molar-refractivity contribution in [1.29, 1.82) is 0 Å². The average Bonchev–Trinajstić information content (AvgIpc) is 2.89. The summed E-state index contributed by atoms with van der Waals surface area (Å²) in [7, 11) is 0. The normalized spacial score (nSPS) is 15.8. The van der Waals surface area contributed by atoms with Gasteiger partial charge in [-0.1, -0.05) is 13.8 Å². The molecule has 4 amide bonds. The summed E-state index contributed by atoms with van der Waals surface area (Å²) in [6, 6.07) is 0. The standard InChI is InChI=1S/C16H23N3O6/c1-16(2,10-20)14(24)15(25)18-8-6-11(21)17-7-3-9-19-12(22)4-5-13(19)23/h4-6,8,14,20,24H,3,7,9-10H2,1-2H3,(H,17,21)(H,18,25)/b8-6-. The number of rotatable bonds is 9. The summed E-state index contributed by atoms with van der Waals surface area (Å²) in [5.41, 5.74) is -1.00. The highest BCUT2D eigenvalue weighted by Crippen LogP contribution is 2.19. The van der Waals surface area contributed by atoms with Gasteiger partial charge < -0.3 is 20.8 Å². The summed E-state index contributed by atoms with van der Waals surface area (Å²) in [6.45, 7) is 3.13. The largest absolute Gasteiger partial charge is 0.396 e. The number of aliphatic hydroxyl groups is 2. The van der Waals surface area contributed by atoms with E-state index in [0.29, 0.717) is 6.42 Å². The number of carbonyl (C=O) groups excluding carboxylic acids is 4. The fraction of sp³-hybridized carbons (Fsp3) is 0.500. The van der Waals surface area contributed by atoms with E-state index in [1.807, 2.05) is 0 Å². The third-order valence-electron chi connectivity index (χ3n) is 3.61. The predicted octanol–water partition coefficient (Wildman–Crippen LogP) is -1.57. The summed E-state index contributed by atoms with van der Waals surface area (Å²) < 4.78 is 0. The van der Waals surface area contributed by atoms with Crippen LogP contribution in [0, 0.1) is 5.41 Å². The molecular formula is C16H23N3O6. The molecule has 0 saturated carbocycles. The number of carbonyl (C=O) groups is 4. The van der Waals surface area contributed by atoms with E-state index in [1.54, 1.807) is 0 Å². The van der Waals surface area contributed by atoms with Crippen molar-refractivity contribution in [3.63, 3.8) is 0 Å². The Morgan fingerprint density at radius 2 is 1.88 bits per heavy atom. The highest BCUT2D eigenvalue weighted by atomic mass is 16.3. The molecule has 4 N–H and O–H groups in total. The second kappa shape index (κ2) is 9.09. The van der Waals surface area contributed by atoms with Gasteiger partial charge in [-0.05, 0) is 6.42 Å². The van der Waals surface area contributed by atoms with Crippen LogP contribution < -0.4 is 10.6 Å². The molecular weight excluding hydrogens is 330 g/mol. The lowest BCUT2D eigenvalue weighted by Gasteiger charge is -2.26. The predicted molar refractivity (Wildman–Crippen MR) is 87.6 cm³/mol. The molecule has 1 heterocycles. The zero-order chi connectivity index (χ0) is 19.0. The zero-order valence-electron chi connectivity index (χ0n) is 14.2. The molecule has 0 saturated heterocycles. The Morgan fingerprint density at radius 3 is 2.44 bits per heavy atom. The minimum atomic E-state index is -1.42. The molecule has 0 radical (unpaired) electrons. The van der Waals surface area contributed by atoms with Crippen molar-refractivity contribution < 1.29 is 29.4 Å². The van der Waals surface area contributed by atoms with Crippen molar-refractivity contribution in [2.45, 2.75) is 26.4 Å². The fourth-order valence-corrected chi connectivity index (χ4v) is 1.88. The minimum Gasteiger partial charge on any atom is -0.396 e. The molecule has 1 unspecified atom stereocenters. The third-order valence-corrected chi connectivity index (χ3v) is 3.61. The number of hydrogen-bond acceptors (Lipinski definition) is 6. The van der Waals surface area contributed by atoms with Gasteiger partial charge in [0.25, 0.3) is 17.7 Å². The first-order valence-electron chi connectivity index (χ1n) is 7.76. The maximum absolute atomic E-state index is 11.7. The van der Waals surface area contributed by atoms with E-state index in [9.17, 15) is 24.3 Å². The van der Waals surface area contributed by atoms with Gasteiger partial charge in [0.1, 0.15) is 6.10 Å². The van der Waals surface area contributed by atoms with Gasteiger partial charge in [0, 0.05) is 42.9 Å². The van der Waals surface area contributed by atoms with Crippen LogP contribution in [0.2, 0.25) is 0 Å². The SMILES string of the molecule is CC(C)(CO)C(O)C(=O)N/C=C\C(=O)NCCCN1C(=O)C=CC1=O. The van der Waals surface area contributed by atoms with Gasteiger partial charge in [-0.3, -0.25) is 24.1 Å². The number of nitrogens with zero attached hydrogens (tertiary/aromatic N) is 1. The van der Waals surface area contributed by atoms with Gasteiger partial charge in [0.05, 0.1) is 6.61 Å². The fourth-order valence-electron chi connectivity index (χ4n) is 1.88. The Bertz CT molecular complexity index is 579. The molecule has 0 spiro atoms. The minimum absolute atomic E-state index is 0.202. The number of hydrogen-bond donors (Lipinski definition) is 4. The van der Waals surface area contributed by atoms with Crippen LogP contribution in [0.25, 0.3) is 0 Å². The molecule has 0 aliphatic carbocycles. The van der Waals surface area contributed by atoms with Crippen LogP contribution in [0.4, 0.5) is 0 Å². The van der Waals surface area contributed by atoms with Gasteiger partial charge in [0.2, 0.25) is 5.91 Å². The molecule has 1 atom stereocenters. The van der Waals surface area contributed by atoms with Gasteiger partial charge in [-0.2, -0.15) is 0 Å². The molecule has 1 rings (SSSR count). The van der Waals surface area contributed by atoms with Gasteiger partial charge in [-0.25, -0.2) is 0 Å². The van der Waals surface area contributed by atoms with Gasteiger partial charge >= 0.3 is 0 Å². The van der Waals surface area contributed by atoms with Crippen LogP contribution in [0.5, 0.6) is 0 Å². The highest BCUT2D eigenvalue weighted by molar-refractivity contribution is 6.12. The topological polar surface area (TPSA) is 136 Å². The Hall–Kier alpha value is -2.52. The average molecular weight is 353 g/mol. The maximum atomic E-state index is 11.7. The van der Waals surface area contributed by atoms with Gasteiger partial charge in [0.15, 0.2) is 0 Å². The summed E-state index contributed by atoms with van der Waals surface area (Å²) in [5.74, 6) is -1.96. The maximum Gasteiger partial charge on any atom is 0.253 e. The molecule has 0 aromatic heterocycles. The van der Waals surface area contributed by atoms with Crippen molar-refractivity contribution in [1.82, 2.24) is 15.5 Å².